The van der Waals surface area contributed by atoms with Crippen LogP contribution in [0, 0.1) is 28.6 Å². The van der Waals surface area contributed by atoms with Crippen molar-refractivity contribution in [2.45, 2.75) is 78.2 Å². The van der Waals surface area contributed by atoms with Crippen molar-refractivity contribution in [3.8, 4) is 0 Å². The Morgan fingerprint density at radius 2 is 1.92 bits per heavy atom. The van der Waals surface area contributed by atoms with E-state index in [0.717, 1.165) is 38.5 Å². The Kier molecular flexibility index (Phi) is 3.71. The smallest absolute Gasteiger partial charge is 0.303 e. The fraction of sp³-hybridized carbons (Fsp3) is 0.810. The first-order valence-corrected chi connectivity index (χ1v) is 9.77. The van der Waals surface area contributed by atoms with Crippen LogP contribution >= 0.6 is 0 Å². The van der Waals surface area contributed by atoms with Crippen LogP contribution < -0.4 is 0 Å². The number of carbonyl (C=O) groups excluding carboxylic acids is 2. The summed E-state index contributed by atoms with van der Waals surface area (Å²) in [4.78, 5) is 24.2. The summed E-state index contributed by atoms with van der Waals surface area (Å²) < 4.78 is 5.79. The van der Waals surface area contributed by atoms with Crippen molar-refractivity contribution in [2.75, 3.05) is 0 Å². The van der Waals surface area contributed by atoms with Crippen LogP contribution in [0.15, 0.2) is 11.6 Å². The summed E-state index contributed by atoms with van der Waals surface area (Å²) >= 11 is 0. The maximum atomic E-state index is 12.5. The van der Waals surface area contributed by atoms with Crippen LogP contribution in [-0.4, -0.2) is 17.9 Å². The van der Waals surface area contributed by atoms with Gasteiger partial charge < -0.3 is 4.74 Å². The highest BCUT2D eigenvalue weighted by molar-refractivity contribution is 5.87. The minimum absolute atomic E-state index is 0.0629. The van der Waals surface area contributed by atoms with Crippen molar-refractivity contribution >= 4 is 11.8 Å². The fourth-order valence-corrected chi connectivity index (χ4v) is 6.87. The molecule has 3 saturated carbocycles. The van der Waals surface area contributed by atoms with E-state index in [9.17, 15) is 9.59 Å². The first-order chi connectivity index (χ1) is 11.4. The average Bonchev–Trinajstić information content (AvgIpc) is 2.82. The minimum Gasteiger partial charge on any atom is -0.458 e. The monoisotopic (exact) mass is 330 g/mol. The summed E-state index contributed by atoms with van der Waals surface area (Å²) in [6, 6.07) is 0. The van der Waals surface area contributed by atoms with Crippen LogP contribution in [0.1, 0.15) is 72.1 Å². The predicted octanol–water partition coefficient (Wildman–Crippen LogP) is 4.45. The summed E-state index contributed by atoms with van der Waals surface area (Å²) in [7, 11) is 0. The Morgan fingerprint density at radius 3 is 2.67 bits per heavy atom. The lowest BCUT2D eigenvalue weighted by Crippen LogP contribution is -2.54. The second kappa shape index (κ2) is 5.44. The molecule has 132 valence electrons. The number of allylic oxidation sites excluding steroid dienone is 1. The minimum atomic E-state index is -0.173. The molecule has 4 rings (SSSR count). The number of hydrogen-bond acceptors (Lipinski definition) is 3. The molecule has 0 radical (unpaired) electrons. The summed E-state index contributed by atoms with van der Waals surface area (Å²) in [6.07, 6.45) is 10.8. The molecule has 0 aliphatic heterocycles. The Morgan fingerprint density at radius 1 is 1.17 bits per heavy atom. The molecule has 3 heteroatoms. The summed E-state index contributed by atoms with van der Waals surface area (Å²) in [5.41, 5.74) is 1.43. The van der Waals surface area contributed by atoms with E-state index in [4.69, 9.17) is 4.74 Å². The summed E-state index contributed by atoms with van der Waals surface area (Å²) in [5, 5.41) is 0. The van der Waals surface area contributed by atoms with Crippen molar-refractivity contribution in [1.82, 2.24) is 0 Å². The summed E-state index contributed by atoms with van der Waals surface area (Å²) in [6.45, 7) is 6.14. The van der Waals surface area contributed by atoms with E-state index in [2.05, 4.69) is 19.9 Å². The highest BCUT2D eigenvalue weighted by atomic mass is 16.5. The molecule has 0 aromatic carbocycles. The molecule has 0 aromatic heterocycles. The van der Waals surface area contributed by atoms with Gasteiger partial charge in [-0.1, -0.05) is 19.9 Å². The standard InChI is InChI=1S/C21H30O3/c1-13(22)24-18-12-14-15-7-8-19(23)21(15,3)11-9-16(14)20(2)10-5-4-6-17(18)20/h6,14-16,18H,4-5,7-12H2,1-3H3/t14-,15-,16-,18-,20+,21-/m0/s1. The van der Waals surface area contributed by atoms with Gasteiger partial charge in [-0.05, 0) is 73.7 Å². The first-order valence-electron chi connectivity index (χ1n) is 9.77. The lowest BCUT2D eigenvalue weighted by atomic mass is 9.47. The van der Waals surface area contributed by atoms with Gasteiger partial charge in [0.2, 0.25) is 0 Å². The second-order valence-electron chi connectivity index (χ2n) is 9.10. The third kappa shape index (κ3) is 2.16. The van der Waals surface area contributed by atoms with Gasteiger partial charge in [-0.25, -0.2) is 0 Å². The SMILES string of the molecule is CC(=O)O[C@H]1C[C@@H]2[C@H](CC[C@]3(C)C(=O)CC[C@@H]23)[C@@]2(C)CCCC=C12. The molecule has 6 atom stereocenters. The van der Waals surface area contributed by atoms with Crippen LogP contribution in [0.4, 0.5) is 0 Å². The number of hydrogen-bond donors (Lipinski definition) is 0. The van der Waals surface area contributed by atoms with Gasteiger partial charge in [-0.3, -0.25) is 9.59 Å². The molecule has 4 aliphatic carbocycles. The van der Waals surface area contributed by atoms with E-state index < -0.39 is 0 Å². The first kappa shape index (κ1) is 16.4. The van der Waals surface area contributed by atoms with Crippen LogP contribution in [0.2, 0.25) is 0 Å². The Balaban J connectivity index is 1.73. The van der Waals surface area contributed by atoms with E-state index in [1.807, 2.05) is 0 Å². The molecule has 0 aromatic rings. The van der Waals surface area contributed by atoms with Crippen LogP contribution in [0.5, 0.6) is 0 Å². The zero-order valence-corrected chi connectivity index (χ0v) is 15.3. The molecule has 24 heavy (non-hydrogen) atoms. The number of ketones is 1. The third-order valence-corrected chi connectivity index (χ3v) is 8.03. The number of rotatable bonds is 1. The molecule has 3 fully saturated rings. The highest BCUT2D eigenvalue weighted by Gasteiger charge is 2.60. The topological polar surface area (TPSA) is 43.4 Å². The van der Waals surface area contributed by atoms with Crippen LogP contribution in [0.25, 0.3) is 0 Å². The number of carbonyl (C=O) groups is 2. The van der Waals surface area contributed by atoms with E-state index in [0.29, 0.717) is 23.5 Å². The lowest BCUT2D eigenvalue weighted by Gasteiger charge is -2.58. The van der Waals surface area contributed by atoms with Gasteiger partial charge in [0, 0.05) is 18.8 Å². The zero-order valence-electron chi connectivity index (χ0n) is 15.3. The van der Waals surface area contributed by atoms with Crippen molar-refractivity contribution in [2.24, 2.45) is 28.6 Å². The predicted molar refractivity (Wildman–Crippen MR) is 92.3 cm³/mol. The maximum Gasteiger partial charge on any atom is 0.303 e. The third-order valence-electron chi connectivity index (χ3n) is 8.03. The lowest BCUT2D eigenvalue weighted by molar-refractivity contribution is -0.153. The number of fused-ring (bicyclic) bond motifs is 5. The fourth-order valence-electron chi connectivity index (χ4n) is 6.87. The van der Waals surface area contributed by atoms with E-state index >= 15 is 0 Å². The molecule has 3 nitrogen and oxygen atoms in total. The van der Waals surface area contributed by atoms with E-state index in [1.165, 1.54) is 25.3 Å². The van der Waals surface area contributed by atoms with Gasteiger partial charge >= 0.3 is 5.97 Å². The quantitative estimate of drug-likeness (QED) is 0.527. The number of ether oxygens (including phenoxy) is 1. The molecule has 0 heterocycles. The van der Waals surface area contributed by atoms with E-state index in [1.54, 1.807) is 0 Å². The van der Waals surface area contributed by atoms with Crippen molar-refractivity contribution in [3.63, 3.8) is 0 Å². The molecule has 4 aliphatic rings. The van der Waals surface area contributed by atoms with Crippen molar-refractivity contribution in [1.29, 1.82) is 0 Å². The van der Waals surface area contributed by atoms with Gasteiger partial charge in [0.1, 0.15) is 11.9 Å². The number of esters is 1. The van der Waals surface area contributed by atoms with E-state index in [-0.39, 0.29) is 22.9 Å². The van der Waals surface area contributed by atoms with Gasteiger partial charge in [0.05, 0.1) is 0 Å². The molecule has 0 unspecified atom stereocenters. The van der Waals surface area contributed by atoms with Gasteiger partial charge in [0.15, 0.2) is 0 Å². The van der Waals surface area contributed by atoms with Crippen molar-refractivity contribution < 1.29 is 14.3 Å². The number of Topliss-reactive ketones (excluding diaryl/α,β-unsaturated/α-hetero) is 1. The van der Waals surface area contributed by atoms with Crippen LogP contribution in [0.3, 0.4) is 0 Å². The Hall–Kier alpha value is -1.12. The van der Waals surface area contributed by atoms with Crippen LogP contribution in [-0.2, 0) is 14.3 Å². The van der Waals surface area contributed by atoms with Gasteiger partial charge in [0.25, 0.3) is 0 Å². The van der Waals surface area contributed by atoms with Crippen molar-refractivity contribution in [3.05, 3.63) is 11.6 Å². The molecular formula is C21H30O3. The average molecular weight is 330 g/mol. The second-order valence-corrected chi connectivity index (χ2v) is 9.10. The highest BCUT2D eigenvalue weighted by Crippen LogP contribution is 2.64. The van der Waals surface area contributed by atoms with Gasteiger partial charge in [-0.15, -0.1) is 0 Å². The summed E-state index contributed by atoms with van der Waals surface area (Å²) in [5.74, 6) is 1.97. The molecular weight excluding hydrogens is 300 g/mol. The molecule has 0 bridgehead atoms. The Labute approximate surface area is 145 Å². The maximum absolute atomic E-state index is 12.5. The Bertz CT molecular complexity index is 606. The molecule has 0 saturated heterocycles. The molecule has 0 amide bonds. The molecule has 0 N–H and O–H groups in total. The molecule has 0 spiro atoms. The van der Waals surface area contributed by atoms with Gasteiger partial charge in [-0.2, -0.15) is 0 Å². The zero-order chi connectivity index (χ0) is 17.1. The largest absolute Gasteiger partial charge is 0.458 e. The normalized spacial score (nSPS) is 47.3.